The summed E-state index contributed by atoms with van der Waals surface area (Å²) >= 11 is 0. The van der Waals surface area contributed by atoms with Gasteiger partial charge in [0, 0.05) is 18.3 Å². The maximum Gasteiger partial charge on any atom is 0.132 e. The van der Waals surface area contributed by atoms with Crippen LogP contribution in [0.5, 0.6) is 0 Å². The van der Waals surface area contributed by atoms with Crippen LogP contribution >= 0.6 is 0 Å². The first-order valence-corrected chi connectivity index (χ1v) is 11.4. The Morgan fingerprint density at radius 1 is 0.643 bits per heavy atom. The van der Waals surface area contributed by atoms with Gasteiger partial charge >= 0.3 is 0 Å². The predicted molar refractivity (Wildman–Crippen MR) is 121 cm³/mol. The zero-order valence-electron chi connectivity index (χ0n) is 18.0. The molecule has 2 aromatic carbocycles. The minimum Gasteiger partial charge on any atom is -0.300 e. The third-order valence-electron chi connectivity index (χ3n) is 5.95. The number of hydrogen-bond acceptors (Lipinski definition) is 1. The highest BCUT2D eigenvalue weighted by Gasteiger charge is 2.32. The Kier molecular flexibility index (Phi) is 10.0. The van der Waals surface area contributed by atoms with Crippen molar-refractivity contribution in [1.82, 2.24) is 0 Å². The van der Waals surface area contributed by atoms with E-state index >= 15 is 0 Å². The Hall–Kier alpha value is -1.89. The highest BCUT2D eigenvalue weighted by atomic mass is 16.1. The van der Waals surface area contributed by atoms with Gasteiger partial charge in [-0.05, 0) is 36.8 Å². The van der Waals surface area contributed by atoms with Crippen LogP contribution in [0.15, 0.2) is 60.7 Å². The van der Waals surface area contributed by atoms with E-state index in [-0.39, 0.29) is 5.41 Å². The summed E-state index contributed by atoms with van der Waals surface area (Å²) < 4.78 is 0. The molecular formula is C27H38O. The molecule has 0 heterocycles. The Morgan fingerprint density at radius 3 is 1.71 bits per heavy atom. The molecule has 0 N–H and O–H groups in total. The highest BCUT2D eigenvalue weighted by Crippen LogP contribution is 2.41. The van der Waals surface area contributed by atoms with Crippen LogP contribution in [0.2, 0.25) is 0 Å². The number of rotatable bonds is 14. The molecule has 2 rings (SSSR count). The standard InChI is InChI=1S/C27H38O/c1-3-5-6-7-14-20-26(28)21-15-23-27(22-4-2,24-16-10-8-11-17-24)25-18-12-9-13-19-25/h8-13,16-19H,3-7,14-15,20-23H2,1-2H3. The molecule has 28 heavy (non-hydrogen) atoms. The van der Waals surface area contributed by atoms with Gasteiger partial charge in [0.1, 0.15) is 5.78 Å². The van der Waals surface area contributed by atoms with E-state index in [2.05, 4.69) is 74.5 Å². The van der Waals surface area contributed by atoms with Gasteiger partial charge in [0.2, 0.25) is 0 Å². The molecule has 1 heteroatoms. The summed E-state index contributed by atoms with van der Waals surface area (Å²) in [6.45, 7) is 4.50. The van der Waals surface area contributed by atoms with Crippen molar-refractivity contribution in [2.24, 2.45) is 0 Å². The largest absolute Gasteiger partial charge is 0.300 e. The van der Waals surface area contributed by atoms with Crippen LogP contribution in [0.25, 0.3) is 0 Å². The Morgan fingerprint density at radius 2 is 1.18 bits per heavy atom. The molecule has 0 aliphatic heterocycles. The summed E-state index contributed by atoms with van der Waals surface area (Å²) in [5.74, 6) is 0.447. The van der Waals surface area contributed by atoms with Gasteiger partial charge in [0.15, 0.2) is 0 Å². The lowest BCUT2D eigenvalue weighted by Gasteiger charge is -2.35. The monoisotopic (exact) mass is 378 g/mol. The van der Waals surface area contributed by atoms with Gasteiger partial charge in [-0.2, -0.15) is 0 Å². The summed E-state index contributed by atoms with van der Waals surface area (Å²) in [6.07, 6.45) is 11.8. The molecule has 0 radical (unpaired) electrons. The van der Waals surface area contributed by atoms with Crippen molar-refractivity contribution < 1.29 is 4.79 Å². The normalized spacial score (nSPS) is 11.5. The molecule has 0 saturated heterocycles. The van der Waals surface area contributed by atoms with E-state index < -0.39 is 0 Å². The van der Waals surface area contributed by atoms with Gasteiger partial charge in [0.25, 0.3) is 0 Å². The topological polar surface area (TPSA) is 17.1 Å². The molecule has 0 atom stereocenters. The summed E-state index contributed by atoms with van der Waals surface area (Å²) in [5.41, 5.74) is 2.78. The summed E-state index contributed by atoms with van der Waals surface area (Å²) in [6, 6.07) is 21.8. The van der Waals surface area contributed by atoms with E-state index in [1.807, 2.05) is 0 Å². The third kappa shape index (κ3) is 6.62. The van der Waals surface area contributed by atoms with E-state index in [0.29, 0.717) is 5.78 Å². The highest BCUT2D eigenvalue weighted by molar-refractivity contribution is 5.78. The average Bonchev–Trinajstić information content (AvgIpc) is 2.74. The van der Waals surface area contributed by atoms with Crippen LogP contribution in [0.4, 0.5) is 0 Å². The van der Waals surface area contributed by atoms with Crippen molar-refractivity contribution in [3.63, 3.8) is 0 Å². The second-order valence-electron chi connectivity index (χ2n) is 8.12. The molecule has 0 aromatic heterocycles. The van der Waals surface area contributed by atoms with E-state index in [4.69, 9.17) is 0 Å². The molecule has 0 saturated carbocycles. The summed E-state index contributed by atoms with van der Waals surface area (Å²) in [5, 5.41) is 0. The van der Waals surface area contributed by atoms with Crippen LogP contribution in [-0.2, 0) is 10.2 Å². The Labute approximate surface area is 172 Å². The molecular weight excluding hydrogens is 340 g/mol. The second-order valence-corrected chi connectivity index (χ2v) is 8.12. The van der Waals surface area contributed by atoms with Crippen LogP contribution in [0.3, 0.4) is 0 Å². The molecule has 2 aromatic rings. The fourth-order valence-corrected chi connectivity index (χ4v) is 4.45. The molecule has 0 unspecified atom stereocenters. The first kappa shape index (κ1) is 22.4. The number of carbonyl (C=O) groups is 1. The zero-order valence-corrected chi connectivity index (χ0v) is 18.0. The van der Waals surface area contributed by atoms with Crippen molar-refractivity contribution >= 4 is 5.78 Å². The van der Waals surface area contributed by atoms with E-state index in [0.717, 1.165) is 44.9 Å². The van der Waals surface area contributed by atoms with Crippen molar-refractivity contribution in [3.05, 3.63) is 71.8 Å². The first-order chi connectivity index (χ1) is 13.7. The SMILES string of the molecule is CCCCCCCC(=O)CCCC(CCC)(c1ccccc1)c1ccccc1. The number of ketones is 1. The number of unbranched alkanes of at least 4 members (excludes halogenated alkanes) is 4. The molecule has 0 amide bonds. The van der Waals surface area contributed by atoms with Crippen molar-refractivity contribution in [2.75, 3.05) is 0 Å². The lowest BCUT2D eigenvalue weighted by Crippen LogP contribution is -2.28. The van der Waals surface area contributed by atoms with Gasteiger partial charge in [-0.1, -0.05) is 107 Å². The first-order valence-electron chi connectivity index (χ1n) is 11.4. The lowest BCUT2D eigenvalue weighted by molar-refractivity contribution is -0.119. The Balaban J connectivity index is 2.03. The zero-order chi connectivity index (χ0) is 20.1. The quantitative estimate of drug-likeness (QED) is 0.306. The lowest BCUT2D eigenvalue weighted by atomic mass is 9.68. The van der Waals surface area contributed by atoms with Crippen molar-refractivity contribution in [2.45, 2.75) is 89.9 Å². The third-order valence-corrected chi connectivity index (χ3v) is 5.95. The molecule has 0 aliphatic carbocycles. The molecule has 1 nitrogen and oxygen atoms in total. The minimum atomic E-state index is 0.0126. The molecule has 0 fully saturated rings. The van der Waals surface area contributed by atoms with Gasteiger partial charge in [-0.15, -0.1) is 0 Å². The fraction of sp³-hybridized carbons (Fsp3) is 0.519. The second kappa shape index (κ2) is 12.5. The number of Topliss-reactive ketones (excluding diaryl/α,β-unsaturated/α-hetero) is 1. The van der Waals surface area contributed by atoms with Crippen molar-refractivity contribution in [1.29, 1.82) is 0 Å². The maximum absolute atomic E-state index is 12.4. The van der Waals surface area contributed by atoms with Crippen molar-refractivity contribution in [3.8, 4) is 0 Å². The molecule has 0 spiro atoms. The number of hydrogen-bond donors (Lipinski definition) is 0. The van der Waals surface area contributed by atoms with Gasteiger partial charge in [-0.25, -0.2) is 0 Å². The smallest absolute Gasteiger partial charge is 0.132 e. The van der Waals surface area contributed by atoms with Gasteiger partial charge < -0.3 is 0 Å². The van der Waals surface area contributed by atoms with Crippen LogP contribution < -0.4 is 0 Å². The maximum atomic E-state index is 12.4. The predicted octanol–water partition coefficient (Wildman–Crippen LogP) is 7.87. The van der Waals surface area contributed by atoms with E-state index in [1.165, 1.54) is 36.8 Å². The Bertz CT molecular complexity index is 620. The average molecular weight is 379 g/mol. The molecule has 152 valence electrons. The molecule has 0 bridgehead atoms. The van der Waals surface area contributed by atoms with E-state index in [1.54, 1.807) is 0 Å². The number of benzene rings is 2. The molecule has 0 aliphatic rings. The fourth-order valence-electron chi connectivity index (χ4n) is 4.45. The van der Waals surface area contributed by atoms with Gasteiger partial charge in [0.05, 0.1) is 0 Å². The van der Waals surface area contributed by atoms with Crippen LogP contribution in [0.1, 0.15) is 95.6 Å². The van der Waals surface area contributed by atoms with E-state index in [9.17, 15) is 4.79 Å². The van der Waals surface area contributed by atoms with Crippen LogP contribution in [0, 0.1) is 0 Å². The summed E-state index contributed by atoms with van der Waals surface area (Å²) in [4.78, 5) is 12.4. The minimum absolute atomic E-state index is 0.0126. The van der Waals surface area contributed by atoms with Gasteiger partial charge in [-0.3, -0.25) is 4.79 Å². The van der Waals surface area contributed by atoms with Crippen LogP contribution in [-0.4, -0.2) is 5.78 Å². The number of carbonyl (C=O) groups excluding carboxylic acids is 1. The summed E-state index contributed by atoms with van der Waals surface area (Å²) in [7, 11) is 0.